The fourth-order valence-corrected chi connectivity index (χ4v) is 1.68. The smallest absolute Gasteiger partial charge is 0.255 e. The molecule has 0 unspecified atom stereocenters. The number of nitrogens with one attached hydrogen (secondary N) is 1. The van der Waals surface area contributed by atoms with Crippen LogP contribution in [-0.2, 0) is 0 Å². The van der Waals surface area contributed by atoms with Crippen molar-refractivity contribution in [2.24, 2.45) is 0 Å². The number of carbonyl (C=O) groups is 1. The van der Waals surface area contributed by atoms with E-state index in [2.05, 4.69) is 5.32 Å². The van der Waals surface area contributed by atoms with Crippen molar-refractivity contribution in [3.8, 4) is 0 Å². The third kappa shape index (κ3) is 2.74. The Morgan fingerprint density at radius 2 is 1.70 bits per heavy atom. The van der Waals surface area contributed by atoms with Crippen LogP contribution in [0, 0.1) is 24.4 Å². The molecular formula is C14H11F3N2O. The molecule has 3 N–H and O–H groups in total. The van der Waals surface area contributed by atoms with Crippen molar-refractivity contribution in [1.82, 2.24) is 0 Å². The van der Waals surface area contributed by atoms with Crippen molar-refractivity contribution in [2.45, 2.75) is 6.92 Å². The van der Waals surface area contributed by atoms with E-state index in [1.165, 1.54) is 0 Å². The van der Waals surface area contributed by atoms with Gasteiger partial charge in [-0.2, -0.15) is 0 Å². The number of hydrogen-bond acceptors (Lipinski definition) is 2. The number of rotatable bonds is 2. The van der Waals surface area contributed by atoms with Crippen molar-refractivity contribution < 1.29 is 18.0 Å². The highest BCUT2D eigenvalue weighted by Gasteiger charge is 2.15. The Morgan fingerprint density at radius 1 is 1.10 bits per heavy atom. The number of aryl methyl sites for hydroxylation is 1. The van der Waals surface area contributed by atoms with Crippen LogP contribution in [0.2, 0.25) is 0 Å². The lowest BCUT2D eigenvalue weighted by molar-refractivity contribution is 0.102. The fourth-order valence-electron chi connectivity index (χ4n) is 1.68. The molecule has 0 fully saturated rings. The minimum absolute atomic E-state index is 0.311. The van der Waals surface area contributed by atoms with E-state index in [-0.39, 0.29) is 5.56 Å². The molecular weight excluding hydrogens is 269 g/mol. The predicted molar refractivity (Wildman–Crippen MR) is 69.9 cm³/mol. The average molecular weight is 280 g/mol. The summed E-state index contributed by atoms with van der Waals surface area (Å²) in [5.74, 6) is -5.24. The number of halogens is 3. The number of nitrogens with two attached hydrogens (primary N) is 1. The lowest BCUT2D eigenvalue weighted by Gasteiger charge is -2.09. The van der Waals surface area contributed by atoms with E-state index in [0.29, 0.717) is 23.5 Å². The molecule has 6 heteroatoms. The number of hydrogen-bond donors (Lipinski definition) is 2. The highest BCUT2D eigenvalue weighted by Crippen LogP contribution is 2.21. The van der Waals surface area contributed by atoms with Gasteiger partial charge in [0.2, 0.25) is 0 Å². The Labute approximate surface area is 113 Å². The van der Waals surface area contributed by atoms with E-state index in [1.54, 1.807) is 18.2 Å². The molecule has 0 atom stereocenters. The van der Waals surface area contributed by atoms with Crippen LogP contribution in [-0.4, -0.2) is 5.91 Å². The zero-order valence-corrected chi connectivity index (χ0v) is 10.5. The summed E-state index contributed by atoms with van der Waals surface area (Å²) in [6, 6.07) is 6.17. The van der Waals surface area contributed by atoms with Crippen molar-refractivity contribution in [3.63, 3.8) is 0 Å². The monoisotopic (exact) mass is 280 g/mol. The molecule has 3 nitrogen and oxygen atoms in total. The number of amides is 1. The summed E-state index contributed by atoms with van der Waals surface area (Å²) in [7, 11) is 0. The van der Waals surface area contributed by atoms with Crippen LogP contribution >= 0.6 is 0 Å². The summed E-state index contributed by atoms with van der Waals surface area (Å²) < 4.78 is 38.9. The summed E-state index contributed by atoms with van der Waals surface area (Å²) in [6.07, 6.45) is 0. The Bertz CT molecular complexity index is 663. The summed E-state index contributed by atoms with van der Waals surface area (Å²) in [4.78, 5) is 11.8. The maximum Gasteiger partial charge on any atom is 0.255 e. The molecule has 2 rings (SSSR count). The fraction of sp³-hybridized carbons (Fsp3) is 0.0714. The van der Waals surface area contributed by atoms with Crippen molar-refractivity contribution >= 4 is 17.3 Å². The predicted octanol–water partition coefficient (Wildman–Crippen LogP) is 3.25. The van der Waals surface area contributed by atoms with Gasteiger partial charge in [-0.15, -0.1) is 0 Å². The van der Waals surface area contributed by atoms with Gasteiger partial charge in [0, 0.05) is 5.56 Å². The molecule has 104 valence electrons. The Balaban J connectivity index is 2.28. The number of carbonyl (C=O) groups excluding carboxylic acids is 1. The molecule has 0 radical (unpaired) electrons. The maximum atomic E-state index is 13.1. The largest absolute Gasteiger partial charge is 0.397 e. The van der Waals surface area contributed by atoms with E-state index < -0.39 is 23.4 Å². The van der Waals surface area contributed by atoms with Crippen LogP contribution < -0.4 is 11.1 Å². The van der Waals surface area contributed by atoms with Crippen molar-refractivity contribution in [2.75, 3.05) is 11.1 Å². The first-order valence-electron chi connectivity index (χ1n) is 5.70. The summed E-state index contributed by atoms with van der Waals surface area (Å²) in [5.41, 5.74) is 6.91. The van der Waals surface area contributed by atoms with Crippen LogP contribution in [0.5, 0.6) is 0 Å². The lowest BCUT2D eigenvalue weighted by atomic mass is 10.1. The Kier molecular flexibility index (Phi) is 3.65. The van der Waals surface area contributed by atoms with Crippen LogP contribution in [0.1, 0.15) is 15.9 Å². The number of anilines is 2. The molecule has 0 aliphatic heterocycles. The number of benzene rings is 2. The third-order valence-corrected chi connectivity index (χ3v) is 2.70. The van der Waals surface area contributed by atoms with Crippen LogP contribution in [0.25, 0.3) is 0 Å². The van der Waals surface area contributed by atoms with Gasteiger partial charge in [0.25, 0.3) is 5.91 Å². The van der Waals surface area contributed by atoms with Gasteiger partial charge in [0.15, 0.2) is 17.5 Å². The van der Waals surface area contributed by atoms with Gasteiger partial charge < -0.3 is 11.1 Å². The molecule has 0 saturated carbocycles. The van der Waals surface area contributed by atoms with Gasteiger partial charge in [-0.05, 0) is 36.8 Å². The minimum atomic E-state index is -1.61. The van der Waals surface area contributed by atoms with Gasteiger partial charge >= 0.3 is 0 Å². The molecule has 2 aromatic carbocycles. The maximum absolute atomic E-state index is 13.1. The third-order valence-electron chi connectivity index (χ3n) is 2.70. The van der Waals surface area contributed by atoms with Gasteiger partial charge in [0.05, 0.1) is 11.4 Å². The second-order valence-corrected chi connectivity index (χ2v) is 4.30. The second kappa shape index (κ2) is 5.24. The van der Waals surface area contributed by atoms with Gasteiger partial charge in [-0.1, -0.05) is 6.07 Å². The van der Waals surface area contributed by atoms with Crippen LogP contribution in [0.15, 0.2) is 30.3 Å². The normalized spacial score (nSPS) is 10.4. The first kappa shape index (κ1) is 13.9. The molecule has 0 aliphatic carbocycles. The lowest BCUT2D eigenvalue weighted by Crippen LogP contribution is -2.14. The average Bonchev–Trinajstić information content (AvgIpc) is 2.38. The van der Waals surface area contributed by atoms with Crippen molar-refractivity contribution in [3.05, 3.63) is 58.9 Å². The summed E-state index contributed by atoms with van der Waals surface area (Å²) >= 11 is 0. The van der Waals surface area contributed by atoms with Gasteiger partial charge in [0.1, 0.15) is 0 Å². The standard InChI is InChI=1S/C14H11F3N2O/c1-7-2-3-12(11(18)4-7)19-14(20)8-5-9(15)13(17)10(16)6-8/h2-6H,18H2,1H3,(H,19,20). The molecule has 0 aromatic heterocycles. The van der Waals surface area contributed by atoms with E-state index in [9.17, 15) is 18.0 Å². The second-order valence-electron chi connectivity index (χ2n) is 4.30. The zero-order chi connectivity index (χ0) is 14.9. The molecule has 0 spiro atoms. The first-order chi connectivity index (χ1) is 9.38. The molecule has 1 amide bonds. The van der Waals surface area contributed by atoms with E-state index in [4.69, 9.17) is 5.73 Å². The van der Waals surface area contributed by atoms with E-state index >= 15 is 0 Å². The molecule has 0 aliphatic rings. The molecule has 0 bridgehead atoms. The topological polar surface area (TPSA) is 55.1 Å². The van der Waals surface area contributed by atoms with Crippen molar-refractivity contribution in [1.29, 1.82) is 0 Å². The van der Waals surface area contributed by atoms with Crippen LogP contribution in [0.4, 0.5) is 24.5 Å². The SMILES string of the molecule is Cc1ccc(NC(=O)c2cc(F)c(F)c(F)c2)c(N)c1. The van der Waals surface area contributed by atoms with E-state index in [0.717, 1.165) is 5.56 Å². The minimum Gasteiger partial charge on any atom is -0.397 e. The van der Waals surface area contributed by atoms with Crippen LogP contribution in [0.3, 0.4) is 0 Å². The van der Waals surface area contributed by atoms with E-state index in [1.807, 2.05) is 6.92 Å². The highest BCUT2D eigenvalue weighted by atomic mass is 19.2. The van der Waals surface area contributed by atoms with Gasteiger partial charge in [-0.3, -0.25) is 4.79 Å². The molecule has 2 aromatic rings. The Hall–Kier alpha value is -2.50. The zero-order valence-electron chi connectivity index (χ0n) is 10.5. The molecule has 20 heavy (non-hydrogen) atoms. The number of nitrogen functional groups attached to an aromatic ring is 1. The van der Waals surface area contributed by atoms with Gasteiger partial charge in [-0.25, -0.2) is 13.2 Å². The Morgan fingerprint density at radius 3 is 2.25 bits per heavy atom. The quantitative estimate of drug-likeness (QED) is 0.655. The molecule has 0 saturated heterocycles. The first-order valence-corrected chi connectivity index (χ1v) is 5.70. The highest BCUT2D eigenvalue weighted by molar-refractivity contribution is 6.05. The molecule has 0 heterocycles. The summed E-state index contributed by atoms with van der Waals surface area (Å²) in [6.45, 7) is 1.83. The summed E-state index contributed by atoms with van der Waals surface area (Å²) in [5, 5.41) is 2.41.